The summed E-state index contributed by atoms with van der Waals surface area (Å²) in [5.74, 6) is -0.177. The molecule has 0 unspecified atom stereocenters. The number of halogens is 1. The highest BCUT2D eigenvalue weighted by Crippen LogP contribution is 2.21. The molecule has 8 heteroatoms. The van der Waals surface area contributed by atoms with Crippen LogP contribution in [-0.2, 0) is 27.8 Å². The van der Waals surface area contributed by atoms with Crippen LogP contribution >= 0.6 is 0 Å². The lowest BCUT2D eigenvalue weighted by Crippen LogP contribution is -2.38. The van der Waals surface area contributed by atoms with Crippen molar-refractivity contribution in [3.63, 3.8) is 0 Å². The van der Waals surface area contributed by atoms with Crippen molar-refractivity contribution in [3.8, 4) is 5.75 Å². The number of sulfonamides is 1. The molecular formula is C23H21FN2O4S. The maximum absolute atomic E-state index is 13.0. The second kappa shape index (κ2) is 8.77. The first-order valence-electron chi connectivity index (χ1n) is 9.76. The highest BCUT2D eigenvalue weighted by atomic mass is 32.2. The van der Waals surface area contributed by atoms with Crippen LogP contribution in [0.3, 0.4) is 0 Å². The van der Waals surface area contributed by atoms with Gasteiger partial charge in [-0.25, -0.2) is 12.8 Å². The Bertz CT molecular complexity index is 1180. The maximum Gasteiger partial charge on any atom is 0.261 e. The Hall–Kier alpha value is -3.39. The third kappa shape index (κ3) is 5.03. The quantitative estimate of drug-likeness (QED) is 0.636. The largest absolute Gasteiger partial charge is 0.484 e. The number of hydrogen-bond donors (Lipinski definition) is 1. The topological polar surface area (TPSA) is 75.7 Å². The van der Waals surface area contributed by atoms with Crippen LogP contribution in [0.25, 0.3) is 0 Å². The van der Waals surface area contributed by atoms with E-state index in [2.05, 4.69) is 10.8 Å². The number of benzene rings is 3. The number of rotatable bonds is 6. The van der Waals surface area contributed by atoms with E-state index in [0.29, 0.717) is 18.8 Å². The molecule has 0 aliphatic carbocycles. The van der Waals surface area contributed by atoms with Crippen LogP contribution in [0.15, 0.2) is 77.7 Å². The number of carbonyl (C=O) groups is 1. The zero-order valence-corrected chi connectivity index (χ0v) is 17.4. The van der Waals surface area contributed by atoms with E-state index in [-0.39, 0.29) is 23.1 Å². The molecule has 0 saturated carbocycles. The zero-order chi connectivity index (χ0) is 21.8. The molecule has 6 nitrogen and oxygen atoms in total. The Morgan fingerprint density at radius 2 is 1.65 bits per heavy atom. The third-order valence-electron chi connectivity index (χ3n) is 5.08. The fourth-order valence-corrected chi connectivity index (χ4v) is 4.45. The van der Waals surface area contributed by atoms with Gasteiger partial charge < -0.3 is 9.64 Å². The molecule has 0 fully saturated rings. The van der Waals surface area contributed by atoms with Crippen LogP contribution in [0.4, 0.5) is 10.1 Å². The summed E-state index contributed by atoms with van der Waals surface area (Å²) in [5, 5.41) is 0. The number of anilines is 1. The number of amides is 1. The Kier molecular flexibility index (Phi) is 5.90. The van der Waals surface area contributed by atoms with Gasteiger partial charge in [0.15, 0.2) is 6.61 Å². The van der Waals surface area contributed by atoms with Crippen LogP contribution in [0.5, 0.6) is 5.75 Å². The van der Waals surface area contributed by atoms with E-state index >= 15 is 0 Å². The summed E-state index contributed by atoms with van der Waals surface area (Å²) in [4.78, 5) is 14.3. The highest BCUT2D eigenvalue weighted by molar-refractivity contribution is 7.92. The number of fused-ring (bicyclic) bond motifs is 1. The molecule has 31 heavy (non-hydrogen) atoms. The van der Waals surface area contributed by atoms with Crippen molar-refractivity contribution < 1.29 is 22.3 Å². The highest BCUT2D eigenvalue weighted by Gasteiger charge is 2.21. The lowest BCUT2D eigenvalue weighted by atomic mass is 10.00. The first kappa shape index (κ1) is 20.9. The van der Waals surface area contributed by atoms with Crippen molar-refractivity contribution in [2.24, 2.45) is 0 Å². The molecule has 0 aromatic heterocycles. The number of nitrogens with zero attached hydrogens (tertiary/aromatic N) is 1. The Morgan fingerprint density at radius 1 is 0.968 bits per heavy atom. The van der Waals surface area contributed by atoms with E-state index < -0.39 is 15.8 Å². The van der Waals surface area contributed by atoms with E-state index in [1.54, 1.807) is 4.90 Å². The average molecular weight is 440 g/mol. The van der Waals surface area contributed by atoms with Crippen molar-refractivity contribution in [2.75, 3.05) is 17.9 Å². The molecule has 1 aliphatic heterocycles. The molecule has 0 radical (unpaired) electrons. The summed E-state index contributed by atoms with van der Waals surface area (Å²) in [6.45, 7) is 1.08. The van der Waals surface area contributed by atoms with Crippen LogP contribution in [-0.4, -0.2) is 32.4 Å². The summed E-state index contributed by atoms with van der Waals surface area (Å²) < 4.78 is 45.9. The second-order valence-electron chi connectivity index (χ2n) is 7.21. The number of ether oxygens (including phenoxy) is 1. The van der Waals surface area contributed by atoms with Crippen LogP contribution in [0, 0.1) is 5.82 Å². The molecule has 1 aliphatic rings. The van der Waals surface area contributed by atoms with Crippen molar-refractivity contribution in [3.05, 3.63) is 89.7 Å². The molecule has 0 bridgehead atoms. The summed E-state index contributed by atoms with van der Waals surface area (Å²) in [7, 11) is -3.82. The third-order valence-corrected chi connectivity index (χ3v) is 6.47. The van der Waals surface area contributed by atoms with Crippen molar-refractivity contribution in [1.82, 2.24) is 4.90 Å². The predicted molar refractivity (Wildman–Crippen MR) is 115 cm³/mol. The van der Waals surface area contributed by atoms with Crippen molar-refractivity contribution in [2.45, 2.75) is 17.9 Å². The van der Waals surface area contributed by atoms with Gasteiger partial charge in [0, 0.05) is 18.8 Å². The molecule has 0 spiro atoms. The molecule has 0 atom stereocenters. The van der Waals surface area contributed by atoms with Gasteiger partial charge >= 0.3 is 0 Å². The molecule has 4 rings (SSSR count). The van der Waals surface area contributed by atoms with Gasteiger partial charge in [-0.2, -0.15) is 0 Å². The van der Waals surface area contributed by atoms with Gasteiger partial charge in [0.2, 0.25) is 0 Å². The van der Waals surface area contributed by atoms with E-state index in [9.17, 15) is 17.6 Å². The van der Waals surface area contributed by atoms with Gasteiger partial charge in [-0.1, -0.05) is 24.3 Å². The van der Waals surface area contributed by atoms with Crippen molar-refractivity contribution in [1.29, 1.82) is 0 Å². The first-order valence-corrected chi connectivity index (χ1v) is 11.2. The minimum atomic E-state index is -3.82. The Balaban J connectivity index is 1.34. The van der Waals surface area contributed by atoms with E-state index in [4.69, 9.17) is 4.74 Å². The molecule has 160 valence electrons. The molecule has 0 saturated heterocycles. The van der Waals surface area contributed by atoms with E-state index in [1.165, 1.54) is 54.1 Å². The minimum Gasteiger partial charge on any atom is -0.484 e. The summed E-state index contributed by atoms with van der Waals surface area (Å²) >= 11 is 0. The van der Waals surface area contributed by atoms with Crippen molar-refractivity contribution >= 4 is 21.6 Å². The normalized spacial score (nSPS) is 13.4. The standard InChI is InChI=1S/C23H21FN2O4S/c24-19-5-7-20(8-6-19)25-31(28,29)22-11-9-21(10-12-22)30-16-23(27)26-14-13-17-3-1-2-4-18(17)15-26/h1-12,25H,13-16H2. The fraction of sp³-hybridized carbons (Fsp3) is 0.174. The van der Waals surface area contributed by atoms with Gasteiger partial charge in [0.1, 0.15) is 11.6 Å². The maximum atomic E-state index is 13.0. The van der Waals surface area contributed by atoms with Gasteiger partial charge in [0.25, 0.3) is 15.9 Å². The number of nitrogens with one attached hydrogen (secondary N) is 1. The molecular weight excluding hydrogens is 419 g/mol. The summed E-state index contributed by atoms with van der Waals surface area (Å²) in [6.07, 6.45) is 0.815. The summed E-state index contributed by atoms with van der Waals surface area (Å²) in [5.41, 5.74) is 2.67. The van der Waals surface area contributed by atoms with Crippen LogP contribution in [0.2, 0.25) is 0 Å². The zero-order valence-electron chi connectivity index (χ0n) is 16.6. The van der Waals surface area contributed by atoms with E-state index in [1.807, 2.05) is 18.2 Å². The first-order chi connectivity index (χ1) is 14.9. The smallest absolute Gasteiger partial charge is 0.261 e. The lowest BCUT2D eigenvalue weighted by Gasteiger charge is -2.28. The van der Waals surface area contributed by atoms with Crippen LogP contribution in [0.1, 0.15) is 11.1 Å². The van der Waals surface area contributed by atoms with Gasteiger partial charge in [-0.05, 0) is 66.1 Å². The number of hydrogen-bond acceptors (Lipinski definition) is 4. The minimum absolute atomic E-state index is 0.0307. The van der Waals surface area contributed by atoms with Gasteiger partial charge in [-0.3, -0.25) is 9.52 Å². The summed E-state index contributed by atoms with van der Waals surface area (Å²) in [6, 6.07) is 18.9. The fourth-order valence-electron chi connectivity index (χ4n) is 3.39. The average Bonchev–Trinajstić information content (AvgIpc) is 2.79. The SMILES string of the molecule is O=C(COc1ccc(S(=O)(=O)Nc2ccc(F)cc2)cc1)N1CCc2ccccc2C1. The second-order valence-corrected chi connectivity index (χ2v) is 8.89. The Morgan fingerprint density at radius 3 is 2.35 bits per heavy atom. The molecule has 1 N–H and O–H groups in total. The van der Waals surface area contributed by atoms with E-state index in [0.717, 1.165) is 12.0 Å². The molecule has 3 aromatic rings. The van der Waals surface area contributed by atoms with Gasteiger partial charge in [-0.15, -0.1) is 0 Å². The molecule has 3 aromatic carbocycles. The Labute approximate surface area is 180 Å². The molecule has 1 heterocycles. The van der Waals surface area contributed by atoms with Crippen LogP contribution < -0.4 is 9.46 Å². The number of carbonyl (C=O) groups excluding carboxylic acids is 1. The predicted octanol–water partition coefficient (Wildman–Crippen LogP) is 3.59. The molecule has 1 amide bonds. The monoisotopic (exact) mass is 440 g/mol. The lowest BCUT2D eigenvalue weighted by molar-refractivity contribution is -0.134. The van der Waals surface area contributed by atoms with Gasteiger partial charge in [0.05, 0.1) is 4.90 Å².